The lowest BCUT2D eigenvalue weighted by Gasteiger charge is -2.15. The number of carbonyl (C=O) groups excluding carboxylic acids is 2. The molecule has 0 radical (unpaired) electrons. The number of aromatic nitrogens is 1. The Hall–Kier alpha value is -5.95. The highest BCUT2D eigenvalue weighted by Gasteiger charge is 2.18. The van der Waals surface area contributed by atoms with Gasteiger partial charge in [-0.25, -0.2) is 4.98 Å². The summed E-state index contributed by atoms with van der Waals surface area (Å²) in [6.45, 7) is 0. The lowest BCUT2D eigenvalue weighted by atomic mass is 9.92. The van der Waals surface area contributed by atoms with Gasteiger partial charge in [0.2, 0.25) is 0 Å². The van der Waals surface area contributed by atoms with Crippen molar-refractivity contribution in [2.75, 3.05) is 10.6 Å². The number of amides is 2. The summed E-state index contributed by atoms with van der Waals surface area (Å²) >= 11 is 26.6. The van der Waals surface area contributed by atoms with Crippen LogP contribution >= 0.6 is 46.4 Å². The number of anilines is 2. The van der Waals surface area contributed by atoms with Crippen LogP contribution < -0.4 is 10.6 Å². The molecule has 0 fully saturated rings. The van der Waals surface area contributed by atoms with E-state index in [2.05, 4.69) is 15.6 Å². The minimum absolute atomic E-state index is 0.0851. The fourth-order valence-electron chi connectivity index (χ4n) is 7.39. The van der Waals surface area contributed by atoms with Gasteiger partial charge in [-0.3, -0.25) is 9.59 Å². The maximum Gasteiger partial charge on any atom is 0.274 e. The molecule has 8 aromatic carbocycles. The Morgan fingerprint density at radius 2 is 0.696 bits per heavy atom. The van der Waals surface area contributed by atoms with Crippen LogP contribution in [-0.2, 0) is 0 Å². The molecule has 0 unspecified atom stereocenters. The summed E-state index contributed by atoms with van der Waals surface area (Å²) in [5, 5.41) is 15.7. The van der Waals surface area contributed by atoms with Gasteiger partial charge in [-0.15, -0.1) is 0 Å². The minimum atomic E-state index is -0.465. The number of hydrogen-bond acceptors (Lipinski definition) is 3. The maximum atomic E-state index is 13.6. The van der Waals surface area contributed by atoms with E-state index in [0.717, 1.165) is 65.3 Å². The third-order valence-corrected chi connectivity index (χ3v) is 11.2. The molecular weight excluding hydrogens is 780 g/mol. The van der Waals surface area contributed by atoms with Gasteiger partial charge < -0.3 is 10.6 Å². The van der Waals surface area contributed by atoms with E-state index < -0.39 is 11.8 Å². The van der Waals surface area contributed by atoms with Crippen LogP contribution in [0.25, 0.3) is 65.3 Å². The van der Waals surface area contributed by atoms with Crippen LogP contribution in [-0.4, -0.2) is 16.8 Å². The summed E-state index contributed by atoms with van der Waals surface area (Å²) in [4.78, 5) is 31.7. The highest BCUT2D eigenvalue weighted by atomic mass is 35.5. The first-order chi connectivity index (χ1) is 27.2. The van der Waals surface area contributed by atoms with Gasteiger partial charge in [0, 0.05) is 53.0 Å². The normalized spacial score (nSPS) is 11.4. The van der Waals surface area contributed by atoms with Crippen molar-refractivity contribution in [3.63, 3.8) is 0 Å². The van der Waals surface area contributed by atoms with Gasteiger partial charge in [-0.05, 0) is 117 Å². The van der Waals surface area contributed by atoms with Gasteiger partial charge in [0.1, 0.15) is 11.4 Å². The second-order valence-electron chi connectivity index (χ2n) is 13.3. The molecule has 2 N–H and O–H groups in total. The first-order valence-corrected chi connectivity index (χ1v) is 19.1. The van der Waals surface area contributed by atoms with Crippen LogP contribution in [0, 0.1) is 0 Å². The summed E-state index contributed by atoms with van der Waals surface area (Å²) < 4.78 is 0. The zero-order chi connectivity index (χ0) is 38.5. The molecule has 1 heterocycles. The molecule has 5 nitrogen and oxygen atoms in total. The molecule has 0 saturated heterocycles. The van der Waals surface area contributed by atoms with Crippen molar-refractivity contribution in [3.05, 3.63) is 183 Å². The number of fused-ring (bicyclic) bond motifs is 4. The third-order valence-electron chi connectivity index (χ3n) is 9.90. The van der Waals surface area contributed by atoms with E-state index in [1.165, 1.54) is 0 Å². The molecule has 0 atom stereocenters. The Morgan fingerprint density at radius 3 is 1.05 bits per heavy atom. The van der Waals surface area contributed by atoms with Gasteiger partial charge in [0.15, 0.2) is 0 Å². The zero-order valence-corrected chi connectivity index (χ0v) is 32.2. The van der Waals surface area contributed by atoms with Crippen molar-refractivity contribution in [1.29, 1.82) is 0 Å². The molecule has 0 aliphatic carbocycles. The fraction of sp³-hybridized carbons (Fsp3) is 0. The Morgan fingerprint density at radius 1 is 0.375 bits per heavy atom. The van der Waals surface area contributed by atoms with Gasteiger partial charge in [0.25, 0.3) is 11.8 Å². The van der Waals surface area contributed by atoms with E-state index in [1.807, 2.05) is 121 Å². The quantitative estimate of drug-likeness (QED) is 0.164. The average molecular weight is 808 g/mol. The van der Waals surface area contributed by atoms with E-state index in [4.69, 9.17) is 46.4 Å². The summed E-state index contributed by atoms with van der Waals surface area (Å²) in [5.41, 5.74) is 4.91. The summed E-state index contributed by atoms with van der Waals surface area (Å²) in [5.74, 6) is -0.930. The zero-order valence-electron chi connectivity index (χ0n) is 29.2. The Balaban J connectivity index is 0.996. The molecule has 2 amide bonds. The van der Waals surface area contributed by atoms with E-state index in [0.29, 0.717) is 31.5 Å². The van der Waals surface area contributed by atoms with Gasteiger partial charge in [-0.2, -0.15) is 0 Å². The first kappa shape index (κ1) is 35.7. The van der Waals surface area contributed by atoms with Gasteiger partial charge >= 0.3 is 0 Å². The first-order valence-electron chi connectivity index (χ1n) is 17.6. The van der Waals surface area contributed by atoms with Crippen molar-refractivity contribution in [1.82, 2.24) is 4.98 Å². The van der Waals surface area contributed by atoms with Crippen LogP contribution in [0.4, 0.5) is 11.4 Å². The van der Waals surface area contributed by atoms with Gasteiger partial charge in [-0.1, -0.05) is 125 Å². The predicted octanol–water partition coefficient (Wildman–Crippen LogP) is 14.1. The van der Waals surface area contributed by atoms with Crippen molar-refractivity contribution < 1.29 is 9.59 Å². The Labute approximate surface area is 341 Å². The summed E-state index contributed by atoms with van der Waals surface area (Å²) in [6, 6.07) is 47.1. The number of halogens is 4. The Bertz CT molecular complexity index is 2770. The van der Waals surface area contributed by atoms with Crippen molar-refractivity contribution in [2.24, 2.45) is 0 Å². The highest BCUT2D eigenvalue weighted by molar-refractivity contribution is 6.40. The van der Waals surface area contributed by atoms with E-state index in [-0.39, 0.29) is 11.4 Å². The molecule has 0 aliphatic heterocycles. The second-order valence-corrected chi connectivity index (χ2v) is 14.9. The molecule has 9 rings (SSSR count). The number of carbonyl (C=O) groups is 2. The number of benzene rings is 8. The molecule has 1 aromatic heterocycles. The topological polar surface area (TPSA) is 71.1 Å². The molecule has 0 aliphatic rings. The minimum Gasteiger partial charge on any atom is -0.321 e. The second kappa shape index (κ2) is 14.6. The lowest BCUT2D eigenvalue weighted by molar-refractivity contribution is 0.101. The molecular formula is C47H27Cl4N3O2. The number of nitrogens with one attached hydrogen (secondary N) is 2. The number of pyridine rings is 1. The standard InChI is InChI=1S/C47H27Cl4N3O2/c48-38-16-3-12-30-34(38)24-35-31(13-4-17-39(35)49)44(30)26-8-1-10-28(22-26)52-46(55)42-20-7-21-43(54-42)47(56)53-29-11-2-9-27(23-29)45-32-14-5-18-40(50)36(32)25-37-33(45)15-6-19-41(37)51/h1-25H,(H,52,55)(H,53,56). The number of nitrogens with zero attached hydrogens (tertiary/aromatic N) is 1. The fourth-order valence-corrected chi connectivity index (χ4v) is 8.31. The molecule has 56 heavy (non-hydrogen) atoms. The highest BCUT2D eigenvalue weighted by Crippen LogP contribution is 2.43. The maximum absolute atomic E-state index is 13.6. The number of hydrogen-bond donors (Lipinski definition) is 2. The Kier molecular flexibility index (Phi) is 9.32. The van der Waals surface area contributed by atoms with Crippen LogP contribution in [0.15, 0.2) is 152 Å². The van der Waals surface area contributed by atoms with Crippen molar-refractivity contribution in [3.8, 4) is 22.3 Å². The molecule has 0 saturated carbocycles. The average Bonchev–Trinajstić information content (AvgIpc) is 3.20. The van der Waals surface area contributed by atoms with Gasteiger partial charge in [0.05, 0.1) is 0 Å². The number of rotatable bonds is 6. The summed E-state index contributed by atoms with van der Waals surface area (Å²) in [7, 11) is 0. The largest absolute Gasteiger partial charge is 0.321 e. The smallest absolute Gasteiger partial charge is 0.274 e. The van der Waals surface area contributed by atoms with Crippen LogP contribution in [0.2, 0.25) is 20.1 Å². The van der Waals surface area contributed by atoms with E-state index >= 15 is 0 Å². The van der Waals surface area contributed by atoms with Crippen LogP contribution in [0.1, 0.15) is 21.0 Å². The molecule has 0 spiro atoms. The van der Waals surface area contributed by atoms with Crippen LogP contribution in [0.3, 0.4) is 0 Å². The van der Waals surface area contributed by atoms with E-state index in [1.54, 1.807) is 30.3 Å². The monoisotopic (exact) mass is 805 g/mol. The lowest BCUT2D eigenvalue weighted by Crippen LogP contribution is -2.18. The van der Waals surface area contributed by atoms with Crippen molar-refractivity contribution >= 4 is 113 Å². The predicted molar refractivity (Wildman–Crippen MR) is 234 cm³/mol. The molecule has 9 aromatic rings. The van der Waals surface area contributed by atoms with Crippen LogP contribution in [0.5, 0.6) is 0 Å². The molecule has 9 heteroatoms. The van der Waals surface area contributed by atoms with E-state index in [9.17, 15) is 9.59 Å². The SMILES string of the molecule is O=C(Nc1cccc(-c2c3cccc(Cl)c3cc3c(Cl)cccc23)c1)c1cccc(C(=O)Nc2cccc(-c3c4cccc(Cl)c4cc4c(Cl)cccc34)c2)n1. The summed E-state index contributed by atoms with van der Waals surface area (Å²) in [6.07, 6.45) is 0. The van der Waals surface area contributed by atoms with Crippen molar-refractivity contribution in [2.45, 2.75) is 0 Å². The third kappa shape index (κ3) is 6.49. The molecule has 0 bridgehead atoms. The molecule has 270 valence electrons.